The lowest BCUT2D eigenvalue weighted by Crippen LogP contribution is -2.22. The van der Waals surface area contributed by atoms with Gasteiger partial charge in [-0.2, -0.15) is 0 Å². The minimum Gasteiger partial charge on any atom is -0.497 e. The first-order chi connectivity index (χ1) is 10.1. The van der Waals surface area contributed by atoms with Gasteiger partial charge in [-0.1, -0.05) is 36.7 Å². The SMILES string of the molecule is CCNC(c1ccc(C)c(F)c1)c1ccc(OC)cc1Cl. The molecule has 112 valence electrons. The van der Waals surface area contributed by atoms with Gasteiger partial charge in [0.25, 0.3) is 0 Å². The van der Waals surface area contributed by atoms with Crippen LogP contribution in [0, 0.1) is 12.7 Å². The predicted molar refractivity (Wildman–Crippen MR) is 84.7 cm³/mol. The summed E-state index contributed by atoms with van der Waals surface area (Å²) < 4.78 is 19.0. The average Bonchev–Trinajstić information content (AvgIpc) is 2.48. The third-order valence-corrected chi connectivity index (χ3v) is 3.78. The molecule has 1 N–H and O–H groups in total. The van der Waals surface area contributed by atoms with Crippen molar-refractivity contribution >= 4 is 11.6 Å². The first-order valence-electron chi connectivity index (χ1n) is 6.89. The second-order valence-corrected chi connectivity index (χ2v) is 5.29. The van der Waals surface area contributed by atoms with Gasteiger partial charge in [0.1, 0.15) is 11.6 Å². The van der Waals surface area contributed by atoms with Crippen LogP contribution in [0.4, 0.5) is 4.39 Å². The number of nitrogens with one attached hydrogen (secondary N) is 1. The summed E-state index contributed by atoms with van der Waals surface area (Å²) in [6.45, 7) is 4.51. The zero-order valence-corrected chi connectivity index (χ0v) is 13.2. The van der Waals surface area contributed by atoms with E-state index in [0.717, 1.165) is 17.7 Å². The molecule has 0 bridgehead atoms. The van der Waals surface area contributed by atoms with E-state index >= 15 is 0 Å². The van der Waals surface area contributed by atoms with Crippen molar-refractivity contribution in [3.63, 3.8) is 0 Å². The number of aryl methyl sites for hydroxylation is 1. The van der Waals surface area contributed by atoms with E-state index in [9.17, 15) is 4.39 Å². The Kier molecular flexibility index (Phi) is 5.21. The molecule has 0 radical (unpaired) electrons. The number of rotatable bonds is 5. The minimum atomic E-state index is -0.208. The first kappa shape index (κ1) is 15.8. The molecular weight excluding hydrogens is 289 g/mol. The Morgan fingerprint density at radius 3 is 2.57 bits per heavy atom. The summed E-state index contributed by atoms with van der Waals surface area (Å²) in [5.41, 5.74) is 2.39. The molecule has 21 heavy (non-hydrogen) atoms. The highest BCUT2D eigenvalue weighted by Gasteiger charge is 2.17. The number of benzene rings is 2. The Hall–Kier alpha value is -1.58. The van der Waals surface area contributed by atoms with Gasteiger partial charge >= 0.3 is 0 Å². The van der Waals surface area contributed by atoms with Gasteiger partial charge in [-0.15, -0.1) is 0 Å². The maximum atomic E-state index is 13.8. The number of methoxy groups -OCH3 is 1. The normalized spacial score (nSPS) is 12.2. The summed E-state index contributed by atoms with van der Waals surface area (Å²) in [4.78, 5) is 0. The van der Waals surface area contributed by atoms with Gasteiger partial charge in [0.15, 0.2) is 0 Å². The van der Waals surface area contributed by atoms with Gasteiger partial charge in [0, 0.05) is 5.02 Å². The van der Waals surface area contributed by atoms with E-state index in [2.05, 4.69) is 5.32 Å². The van der Waals surface area contributed by atoms with Crippen LogP contribution in [0.15, 0.2) is 36.4 Å². The molecule has 2 aromatic rings. The molecule has 1 atom stereocenters. The Balaban J connectivity index is 2.45. The highest BCUT2D eigenvalue weighted by molar-refractivity contribution is 6.31. The average molecular weight is 308 g/mol. The fraction of sp³-hybridized carbons (Fsp3) is 0.294. The Morgan fingerprint density at radius 1 is 1.24 bits per heavy atom. The Morgan fingerprint density at radius 2 is 2.00 bits per heavy atom. The quantitative estimate of drug-likeness (QED) is 0.878. The van der Waals surface area contributed by atoms with Crippen molar-refractivity contribution in [1.82, 2.24) is 5.32 Å². The molecule has 0 spiro atoms. The molecule has 1 unspecified atom stereocenters. The van der Waals surface area contributed by atoms with Crippen LogP contribution >= 0.6 is 11.6 Å². The minimum absolute atomic E-state index is 0.150. The topological polar surface area (TPSA) is 21.3 Å². The van der Waals surface area contributed by atoms with E-state index in [1.165, 1.54) is 0 Å². The second-order valence-electron chi connectivity index (χ2n) is 4.89. The molecule has 0 fully saturated rings. The predicted octanol–water partition coefficient (Wildman–Crippen LogP) is 4.50. The third kappa shape index (κ3) is 3.55. The van der Waals surface area contributed by atoms with Crippen LogP contribution in [0.25, 0.3) is 0 Å². The summed E-state index contributed by atoms with van der Waals surface area (Å²) in [5, 5.41) is 3.95. The second kappa shape index (κ2) is 6.92. The first-order valence-corrected chi connectivity index (χ1v) is 7.27. The standard InChI is InChI=1S/C17H19ClFNO/c1-4-20-17(12-6-5-11(2)16(19)9-12)14-8-7-13(21-3)10-15(14)18/h5-10,17,20H,4H2,1-3H3. The Bertz CT molecular complexity index is 630. The fourth-order valence-corrected chi connectivity index (χ4v) is 2.55. The molecule has 2 rings (SSSR count). The molecule has 0 aliphatic rings. The summed E-state index contributed by atoms with van der Waals surface area (Å²) in [7, 11) is 1.60. The van der Waals surface area contributed by atoms with Crippen LogP contribution in [-0.2, 0) is 0 Å². The Labute approximate surface area is 129 Å². The molecule has 2 aromatic carbocycles. The molecule has 0 aliphatic heterocycles. The van der Waals surface area contributed by atoms with Gasteiger partial charge in [0.2, 0.25) is 0 Å². The van der Waals surface area contributed by atoms with Crippen molar-refractivity contribution in [1.29, 1.82) is 0 Å². The van der Waals surface area contributed by atoms with Crippen molar-refractivity contribution in [2.45, 2.75) is 19.9 Å². The smallest absolute Gasteiger partial charge is 0.126 e. The van der Waals surface area contributed by atoms with E-state index in [4.69, 9.17) is 16.3 Å². The fourth-order valence-electron chi connectivity index (χ4n) is 2.27. The van der Waals surface area contributed by atoms with Crippen molar-refractivity contribution in [2.24, 2.45) is 0 Å². The molecule has 0 aromatic heterocycles. The largest absolute Gasteiger partial charge is 0.497 e. The van der Waals surface area contributed by atoms with Crippen molar-refractivity contribution in [2.75, 3.05) is 13.7 Å². The highest BCUT2D eigenvalue weighted by Crippen LogP contribution is 2.31. The zero-order valence-electron chi connectivity index (χ0n) is 12.4. The summed E-state index contributed by atoms with van der Waals surface area (Å²) in [5.74, 6) is 0.495. The molecule has 0 heterocycles. The lowest BCUT2D eigenvalue weighted by molar-refractivity contribution is 0.414. The number of hydrogen-bond donors (Lipinski definition) is 1. The molecule has 2 nitrogen and oxygen atoms in total. The maximum absolute atomic E-state index is 13.8. The lowest BCUT2D eigenvalue weighted by Gasteiger charge is -2.21. The molecule has 0 saturated carbocycles. The molecule has 0 aliphatic carbocycles. The van der Waals surface area contributed by atoms with E-state index in [1.807, 2.05) is 25.1 Å². The van der Waals surface area contributed by atoms with E-state index in [1.54, 1.807) is 32.2 Å². The van der Waals surface area contributed by atoms with Gasteiger partial charge in [-0.05, 0) is 48.4 Å². The third-order valence-electron chi connectivity index (χ3n) is 3.46. The van der Waals surface area contributed by atoms with Gasteiger partial charge < -0.3 is 10.1 Å². The van der Waals surface area contributed by atoms with Gasteiger partial charge in [0.05, 0.1) is 13.2 Å². The zero-order chi connectivity index (χ0) is 15.4. The summed E-state index contributed by atoms with van der Waals surface area (Å²) in [6, 6.07) is 10.7. The number of ether oxygens (including phenoxy) is 1. The molecule has 0 saturated heterocycles. The summed E-state index contributed by atoms with van der Waals surface area (Å²) >= 11 is 6.35. The van der Waals surface area contributed by atoms with Crippen LogP contribution in [0.1, 0.15) is 29.7 Å². The van der Waals surface area contributed by atoms with Crippen molar-refractivity contribution < 1.29 is 9.13 Å². The number of hydrogen-bond acceptors (Lipinski definition) is 2. The monoisotopic (exact) mass is 307 g/mol. The lowest BCUT2D eigenvalue weighted by atomic mass is 9.97. The van der Waals surface area contributed by atoms with Crippen LogP contribution in [0.5, 0.6) is 5.75 Å². The van der Waals surface area contributed by atoms with Gasteiger partial charge in [-0.3, -0.25) is 0 Å². The van der Waals surface area contributed by atoms with Crippen LogP contribution in [0.3, 0.4) is 0 Å². The number of halogens is 2. The van der Waals surface area contributed by atoms with E-state index < -0.39 is 0 Å². The molecule has 0 amide bonds. The van der Waals surface area contributed by atoms with Gasteiger partial charge in [-0.25, -0.2) is 4.39 Å². The maximum Gasteiger partial charge on any atom is 0.126 e. The van der Waals surface area contributed by atoms with Crippen LogP contribution in [0.2, 0.25) is 5.02 Å². The van der Waals surface area contributed by atoms with Crippen LogP contribution < -0.4 is 10.1 Å². The van der Waals surface area contributed by atoms with Crippen molar-refractivity contribution in [3.05, 3.63) is 63.9 Å². The summed E-state index contributed by atoms with van der Waals surface area (Å²) in [6.07, 6.45) is 0. The molecular formula is C17H19ClFNO. The van der Waals surface area contributed by atoms with E-state index in [0.29, 0.717) is 16.3 Å². The van der Waals surface area contributed by atoms with Crippen LogP contribution in [-0.4, -0.2) is 13.7 Å². The highest BCUT2D eigenvalue weighted by atomic mass is 35.5. The van der Waals surface area contributed by atoms with Crippen molar-refractivity contribution in [3.8, 4) is 5.75 Å². The van der Waals surface area contributed by atoms with E-state index in [-0.39, 0.29) is 11.9 Å². The molecule has 4 heteroatoms.